The van der Waals surface area contributed by atoms with Crippen molar-refractivity contribution in [1.29, 1.82) is 0 Å². The molecule has 0 saturated heterocycles. The topological polar surface area (TPSA) is 72.0 Å². The molecule has 6 heteroatoms. The normalized spacial score (nSPS) is 11.3. The molecule has 2 aromatic heterocycles. The van der Waals surface area contributed by atoms with Crippen LogP contribution in [0.15, 0.2) is 102 Å². The molecule has 0 saturated carbocycles. The van der Waals surface area contributed by atoms with Crippen LogP contribution in [0.1, 0.15) is 16.7 Å². The lowest BCUT2D eigenvalue weighted by Crippen LogP contribution is -2.23. The standard InChI is InChI=1S/C27H19N3O2S/c31-33(32,30-19-22-16-18-29-27-8-4-2-6-25(22)27)23-13-10-20(11-14-23)9-12-21-15-17-28-26-7-3-1-5-24(21)26/h1-8,10-11,13-18,30H,19H2. The molecule has 33 heavy (non-hydrogen) atoms. The van der Waals surface area contributed by atoms with E-state index in [1.807, 2.05) is 60.7 Å². The minimum Gasteiger partial charge on any atom is -0.256 e. The zero-order valence-corrected chi connectivity index (χ0v) is 18.4. The Morgan fingerprint density at radius 3 is 2.09 bits per heavy atom. The molecule has 0 fully saturated rings. The second-order valence-electron chi connectivity index (χ2n) is 7.46. The van der Waals surface area contributed by atoms with E-state index in [0.29, 0.717) is 0 Å². The minimum atomic E-state index is -3.67. The van der Waals surface area contributed by atoms with Crippen molar-refractivity contribution in [1.82, 2.24) is 14.7 Å². The van der Waals surface area contributed by atoms with Crippen LogP contribution in [0.3, 0.4) is 0 Å². The monoisotopic (exact) mass is 449 g/mol. The number of rotatable bonds is 4. The SMILES string of the molecule is O=S(=O)(NCc1ccnc2ccccc12)c1ccc(C#Cc2ccnc3ccccc23)cc1. The Bertz CT molecular complexity index is 1620. The molecule has 160 valence electrons. The fraction of sp³-hybridized carbons (Fsp3) is 0.0370. The van der Waals surface area contributed by atoms with Crippen LogP contribution in [0.25, 0.3) is 21.8 Å². The zero-order chi connectivity index (χ0) is 22.7. The molecule has 5 rings (SSSR count). The van der Waals surface area contributed by atoms with Crippen LogP contribution in [0.4, 0.5) is 0 Å². The van der Waals surface area contributed by atoms with Gasteiger partial charge in [0.15, 0.2) is 0 Å². The Kier molecular flexibility index (Phi) is 5.57. The van der Waals surface area contributed by atoms with Crippen molar-refractivity contribution in [3.05, 3.63) is 114 Å². The van der Waals surface area contributed by atoms with Crippen LogP contribution in [0.2, 0.25) is 0 Å². The highest BCUT2D eigenvalue weighted by Gasteiger charge is 2.14. The largest absolute Gasteiger partial charge is 0.256 e. The quantitative estimate of drug-likeness (QED) is 0.405. The maximum Gasteiger partial charge on any atom is 0.240 e. The summed E-state index contributed by atoms with van der Waals surface area (Å²) in [5.74, 6) is 6.27. The van der Waals surface area contributed by atoms with E-state index in [9.17, 15) is 8.42 Å². The second-order valence-corrected chi connectivity index (χ2v) is 9.23. The van der Waals surface area contributed by atoms with Crippen LogP contribution in [0, 0.1) is 11.8 Å². The summed E-state index contributed by atoms with van der Waals surface area (Å²) < 4.78 is 28.3. The summed E-state index contributed by atoms with van der Waals surface area (Å²) in [6.07, 6.45) is 3.42. The van der Waals surface area contributed by atoms with Gasteiger partial charge >= 0.3 is 0 Å². The lowest BCUT2D eigenvalue weighted by atomic mass is 10.1. The highest BCUT2D eigenvalue weighted by atomic mass is 32.2. The first-order valence-electron chi connectivity index (χ1n) is 10.4. The van der Waals surface area contributed by atoms with Gasteiger partial charge in [-0.2, -0.15) is 0 Å². The molecule has 0 atom stereocenters. The maximum atomic E-state index is 12.8. The lowest BCUT2D eigenvalue weighted by Gasteiger charge is -2.09. The average Bonchev–Trinajstić information content (AvgIpc) is 2.86. The zero-order valence-electron chi connectivity index (χ0n) is 17.6. The molecular formula is C27H19N3O2S. The number of sulfonamides is 1. The number of hydrogen-bond acceptors (Lipinski definition) is 4. The summed E-state index contributed by atoms with van der Waals surface area (Å²) in [5, 5.41) is 1.91. The van der Waals surface area contributed by atoms with Crippen molar-refractivity contribution >= 4 is 31.8 Å². The fourth-order valence-corrected chi connectivity index (χ4v) is 4.63. The lowest BCUT2D eigenvalue weighted by molar-refractivity contribution is 0.581. The molecule has 2 heterocycles. The van der Waals surface area contributed by atoms with Crippen LogP contribution in [0.5, 0.6) is 0 Å². The highest BCUT2D eigenvalue weighted by Crippen LogP contribution is 2.18. The third-order valence-corrected chi connectivity index (χ3v) is 6.76. The van der Waals surface area contributed by atoms with Gasteiger partial charge in [-0.3, -0.25) is 9.97 Å². The van der Waals surface area contributed by atoms with E-state index in [2.05, 4.69) is 26.5 Å². The van der Waals surface area contributed by atoms with Crippen LogP contribution >= 0.6 is 0 Å². The maximum absolute atomic E-state index is 12.8. The summed E-state index contributed by atoms with van der Waals surface area (Å²) >= 11 is 0. The summed E-state index contributed by atoms with van der Waals surface area (Å²) in [6.45, 7) is 0.183. The molecular weight excluding hydrogens is 430 g/mol. The third kappa shape index (κ3) is 4.46. The summed E-state index contributed by atoms with van der Waals surface area (Å²) in [5.41, 5.74) is 4.20. The predicted octanol–water partition coefficient (Wildman–Crippen LogP) is 4.66. The Morgan fingerprint density at radius 1 is 0.697 bits per heavy atom. The van der Waals surface area contributed by atoms with Crippen LogP contribution in [-0.2, 0) is 16.6 Å². The number of hydrogen-bond donors (Lipinski definition) is 1. The molecule has 0 aliphatic heterocycles. The smallest absolute Gasteiger partial charge is 0.240 e. The van der Waals surface area contributed by atoms with Crippen LogP contribution in [-0.4, -0.2) is 18.4 Å². The van der Waals surface area contributed by atoms with Gasteiger partial charge in [-0.25, -0.2) is 13.1 Å². The van der Waals surface area contributed by atoms with E-state index in [0.717, 1.165) is 38.5 Å². The molecule has 0 aliphatic carbocycles. The van der Waals surface area contributed by atoms with Crippen molar-refractivity contribution in [3.63, 3.8) is 0 Å². The van der Waals surface area contributed by atoms with Gasteiger partial charge in [-0.15, -0.1) is 0 Å². The van der Waals surface area contributed by atoms with Gasteiger partial charge in [0.05, 0.1) is 15.9 Å². The minimum absolute atomic E-state index is 0.183. The molecule has 5 nitrogen and oxygen atoms in total. The Morgan fingerprint density at radius 2 is 1.33 bits per heavy atom. The molecule has 0 amide bonds. The van der Waals surface area contributed by atoms with Crippen molar-refractivity contribution in [2.75, 3.05) is 0 Å². The van der Waals surface area contributed by atoms with Gasteiger partial charge in [0.2, 0.25) is 10.0 Å². The van der Waals surface area contributed by atoms with Gasteiger partial charge in [-0.1, -0.05) is 48.2 Å². The van der Waals surface area contributed by atoms with E-state index in [1.165, 1.54) is 0 Å². The molecule has 3 aromatic carbocycles. The van der Waals surface area contributed by atoms with Gasteiger partial charge in [-0.05, 0) is 54.1 Å². The Labute approximate surface area is 192 Å². The molecule has 5 aromatic rings. The van der Waals surface area contributed by atoms with Crippen LogP contribution < -0.4 is 4.72 Å². The molecule has 0 spiro atoms. The van der Waals surface area contributed by atoms with E-state index in [1.54, 1.807) is 36.7 Å². The summed E-state index contributed by atoms with van der Waals surface area (Å²) in [7, 11) is -3.67. The number of benzene rings is 3. The van der Waals surface area contributed by atoms with Gasteiger partial charge < -0.3 is 0 Å². The number of aromatic nitrogens is 2. The van der Waals surface area contributed by atoms with Crippen molar-refractivity contribution < 1.29 is 8.42 Å². The molecule has 1 N–H and O–H groups in total. The van der Waals surface area contributed by atoms with Crippen molar-refractivity contribution in [3.8, 4) is 11.8 Å². The molecule has 0 bridgehead atoms. The highest BCUT2D eigenvalue weighted by molar-refractivity contribution is 7.89. The second kappa shape index (κ2) is 8.83. The molecule has 0 aliphatic rings. The first-order valence-corrected chi connectivity index (χ1v) is 11.9. The first kappa shape index (κ1) is 20.8. The van der Waals surface area contributed by atoms with Gasteiger partial charge in [0.25, 0.3) is 0 Å². The van der Waals surface area contributed by atoms with E-state index < -0.39 is 10.0 Å². The number of nitrogens with one attached hydrogen (secondary N) is 1. The predicted molar refractivity (Wildman–Crippen MR) is 130 cm³/mol. The first-order chi connectivity index (χ1) is 16.1. The summed E-state index contributed by atoms with van der Waals surface area (Å²) in [4.78, 5) is 8.86. The number of para-hydroxylation sites is 2. The Balaban J connectivity index is 1.34. The van der Waals surface area contributed by atoms with Crippen molar-refractivity contribution in [2.45, 2.75) is 11.4 Å². The fourth-order valence-electron chi connectivity index (χ4n) is 3.63. The average molecular weight is 450 g/mol. The van der Waals surface area contributed by atoms with E-state index in [4.69, 9.17) is 0 Å². The van der Waals surface area contributed by atoms with Gasteiger partial charge in [0.1, 0.15) is 0 Å². The van der Waals surface area contributed by atoms with Crippen molar-refractivity contribution in [2.24, 2.45) is 0 Å². The molecule has 0 unspecified atom stereocenters. The molecule has 0 radical (unpaired) electrons. The van der Waals surface area contributed by atoms with E-state index >= 15 is 0 Å². The number of pyridine rings is 2. The summed E-state index contributed by atoms with van der Waals surface area (Å²) in [6, 6.07) is 25.8. The van der Waals surface area contributed by atoms with E-state index in [-0.39, 0.29) is 11.4 Å². The Hall–Kier alpha value is -4.05. The number of fused-ring (bicyclic) bond motifs is 2. The van der Waals surface area contributed by atoms with Gasteiger partial charge in [0, 0.05) is 40.8 Å². The third-order valence-electron chi connectivity index (χ3n) is 5.35. The number of nitrogens with zero attached hydrogens (tertiary/aromatic N) is 2.